The zero-order valence-electron chi connectivity index (χ0n) is 12.0. The van der Waals surface area contributed by atoms with Crippen LogP contribution in [0, 0.1) is 0 Å². The van der Waals surface area contributed by atoms with Crippen molar-refractivity contribution in [3.8, 4) is 5.75 Å². The number of anilines is 1. The summed E-state index contributed by atoms with van der Waals surface area (Å²) in [4.78, 5) is 22.5. The molecule has 1 fully saturated rings. The summed E-state index contributed by atoms with van der Waals surface area (Å²) in [7, 11) is 1.59. The van der Waals surface area contributed by atoms with Crippen LogP contribution in [0.1, 0.15) is 10.4 Å². The maximum absolute atomic E-state index is 12.5. The third-order valence-corrected chi connectivity index (χ3v) is 4.18. The fraction of sp³-hybridized carbons (Fsp3) is 0.267. The largest absolute Gasteiger partial charge is 0.497 e. The number of nitrogens with one attached hydrogen (secondary N) is 1. The topological polar surface area (TPSA) is 67.3 Å². The molecule has 1 aliphatic heterocycles. The third-order valence-electron chi connectivity index (χ3n) is 3.49. The van der Waals surface area contributed by atoms with E-state index in [1.165, 1.54) is 0 Å². The highest BCUT2D eigenvalue weighted by Gasteiger charge is 2.32. The molecule has 1 saturated heterocycles. The molecule has 114 valence electrons. The van der Waals surface area contributed by atoms with Crippen LogP contribution < -0.4 is 10.1 Å². The lowest BCUT2D eigenvalue weighted by Gasteiger charge is -2.39. The minimum atomic E-state index is -0.0111. The molecule has 6 nitrogen and oxygen atoms in total. The van der Waals surface area contributed by atoms with E-state index in [2.05, 4.69) is 31.2 Å². The first-order valence-electron chi connectivity index (χ1n) is 6.82. The van der Waals surface area contributed by atoms with Crippen molar-refractivity contribution in [2.75, 3.05) is 25.5 Å². The molecule has 0 atom stereocenters. The molecule has 1 aliphatic rings. The van der Waals surface area contributed by atoms with E-state index in [0.717, 1.165) is 10.3 Å². The molecule has 0 bridgehead atoms. The molecule has 7 heteroatoms. The number of benzene rings is 1. The summed E-state index contributed by atoms with van der Waals surface area (Å²) in [6.07, 6.45) is 4.93. The van der Waals surface area contributed by atoms with Gasteiger partial charge in [-0.25, -0.2) is 4.98 Å². The second kappa shape index (κ2) is 6.31. The molecule has 0 aliphatic carbocycles. The first-order valence-corrected chi connectivity index (χ1v) is 7.62. The SMILES string of the molecule is COc1ccc(Br)c(C(=O)N2CC(Nc3cnccn3)C2)c1. The lowest BCUT2D eigenvalue weighted by molar-refractivity contribution is 0.0623. The van der Waals surface area contributed by atoms with E-state index < -0.39 is 0 Å². The average molecular weight is 363 g/mol. The second-order valence-electron chi connectivity index (χ2n) is 4.99. The average Bonchev–Trinajstić information content (AvgIpc) is 2.51. The number of amides is 1. The Morgan fingerprint density at radius 1 is 1.41 bits per heavy atom. The van der Waals surface area contributed by atoms with Crippen molar-refractivity contribution < 1.29 is 9.53 Å². The molecular weight excluding hydrogens is 348 g/mol. The van der Waals surface area contributed by atoms with Crippen LogP contribution in [-0.2, 0) is 0 Å². The van der Waals surface area contributed by atoms with Crippen LogP contribution in [0.5, 0.6) is 5.75 Å². The molecular formula is C15H15BrN4O2. The minimum Gasteiger partial charge on any atom is -0.497 e. The number of likely N-dealkylation sites (tertiary alicyclic amines) is 1. The zero-order chi connectivity index (χ0) is 15.5. The Kier molecular flexibility index (Phi) is 4.24. The Morgan fingerprint density at radius 3 is 2.91 bits per heavy atom. The van der Waals surface area contributed by atoms with Crippen LogP contribution in [0.25, 0.3) is 0 Å². The van der Waals surface area contributed by atoms with E-state index >= 15 is 0 Å². The maximum Gasteiger partial charge on any atom is 0.255 e. The van der Waals surface area contributed by atoms with Gasteiger partial charge in [-0.1, -0.05) is 0 Å². The summed E-state index contributed by atoms with van der Waals surface area (Å²) in [6, 6.07) is 5.58. The van der Waals surface area contributed by atoms with Crippen molar-refractivity contribution in [1.29, 1.82) is 0 Å². The molecule has 0 spiro atoms. The lowest BCUT2D eigenvalue weighted by atomic mass is 10.1. The second-order valence-corrected chi connectivity index (χ2v) is 5.84. The van der Waals surface area contributed by atoms with Gasteiger partial charge in [-0.3, -0.25) is 9.78 Å². The van der Waals surface area contributed by atoms with E-state index in [0.29, 0.717) is 24.4 Å². The van der Waals surface area contributed by atoms with Gasteiger partial charge in [0.05, 0.1) is 24.9 Å². The fourth-order valence-corrected chi connectivity index (χ4v) is 2.70. The van der Waals surface area contributed by atoms with Crippen molar-refractivity contribution >= 4 is 27.7 Å². The Balaban J connectivity index is 1.62. The Hall–Kier alpha value is -2.15. The smallest absolute Gasteiger partial charge is 0.255 e. The van der Waals surface area contributed by atoms with Gasteiger partial charge < -0.3 is 15.0 Å². The zero-order valence-corrected chi connectivity index (χ0v) is 13.6. The predicted octanol–water partition coefficient (Wildman–Crippen LogP) is 2.18. The number of methoxy groups -OCH3 is 1. The van der Waals surface area contributed by atoms with Crippen LogP contribution in [0.15, 0.2) is 41.3 Å². The number of halogens is 1. The molecule has 0 unspecified atom stereocenters. The summed E-state index contributed by atoms with van der Waals surface area (Å²) in [5, 5.41) is 3.25. The predicted molar refractivity (Wildman–Crippen MR) is 86.0 cm³/mol. The summed E-state index contributed by atoms with van der Waals surface area (Å²) < 4.78 is 5.94. The highest BCUT2D eigenvalue weighted by Crippen LogP contribution is 2.26. The highest BCUT2D eigenvalue weighted by molar-refractivity contribution is 9.10. The van der Waals surface area contributed by atoms with Gasteiger partial charge in [0.2, 0.25) is 0 Å². The van der Waals surface area contributed by atoms with Gasteiger partial charge in [0, 0.05) is 30.0 Å². The number of aromatic nitrogens is 2. The number of hydrogen-bond donors (Lipinski definition) is 1. The number of hydrogen-bond acceptors (Lipinski definition) is 5. The standard InChI is InChI=1S/C15H15BrN4O2/c1-22-11-2-3-13(16)12(6-11)15(21)20-8-10(9-20)19-14-7-17-4-5-18-14/h2-7,10H,8-9H2,1H3,(H,18,19). The van der Waals surface area contributed by atoms with Gasteiger partial charge in [-0.2, -0.15) is 0 Å². The number of nitrogens with zero attached hydrogens (tertiary/aromatic N) is 3. The normalized spacial score (nSPS) is 14.4. The van der Waals surface area contributed by atoms with Gasteiger partial charge >= 0.3 is 0 Å². The quantitative estimate of drug-likeness (QED) is 0.902. The van der Waals surface area contributed by atoms with E-state index in [4.69, 9.17) is 4.74 Å². The summed E-state index contributed by atoms with van der Waals surface area (Å²) >= 11 is 3.41. The number of carbonyl (C=O) groups excluding carboxylic acids is 1. The maximum atomic E-state index is 12.5. The monoisotopic (exact) mass is 362 g/mol. The van der Waals surface area contributed by atoms with E-state index in [1.807, 2.05) is 12.1 Å². The summed E-state index contributed by atoms with van der Waals surface area (Å²) in [6.45, 7) is 1.28. The first-order chi connectivity index (χ1) is 10.7. The summed E-state index contributed by atoms with van der Waals surface area (Å²) in [5.41, 5.74) is 0.609. The first kappa shape index (κ1) is 14.8. The van der Waals surface area contributed by atoms with Gasteiger partial charge in [0.15, 0.2) is 0 Å². The Bertz CT molecular complexity index is 674. The Morgan fingerprint density at radius 2 is 2.23 bits per heavy atom. The molecule has 22 heavy (non-hydrogen) atoms. The third kappa shape index (κ3) is 3.04. The van der Waals surface area contributed by atoms with Gasteiger partial charge in [-0.15, -0.1) is 0 Å². The van der Waals surface area contributed by atoms with Crippen LogP contribution in [-0.4, -0.2) is 47.0 Å². The van der Waals surface area contributed by atoms with E-state index in [1.54, 1.807) is 36.7 Å². The van der Waals surface area contributed by atoms with Gasteiger partial charge in [0.25, 0.3) is 5.91 Å². The van der Waals surface area contributed by atoms with Crippen LogP contribution in [0.2, 0.25) is 0 Å². The van der Waals surface area contributed by atoms with Gasteiger partial charge in [-0.05, 0) is 34.1 Å². The molecule has 2 aromatic rings. The van der Waals surface area contributed by atoms with Crippen molar-refractivity contribution in [3.05, 3.63) is 46.8 Å². The number of ether oxygens (including phenoxy) is 1. The van der Waals surface area contributed by atoms with E-state index in [9.17, 15) is 4.79 Å². The minimum absolute atomic E-state index is 0.0111. The molecule has 2 heterocycles. The highest BCUT2D eigenvalue weighted by atomic mass is 79.9. The van der Waals surface area contributed by atoms with Crippen LogP contribution in [0.4, 0.5) is 5.82 Å². The molecule has 1 aromatic heterocycles. The molecule has 3 rings (SSSR count). The lowest BCUT2D eigenvalue weighted by Crippen LogP contribution is -2.57. The molecule has 1 N–H and O–H groups in total. The Labute approximate surface area is 136 Å². The van der Waals surface area contributed by atoms with Gasteiger partial charge in [0.1, 0.15) is 11.6 Å². The fourth-order valence-electron chi connectivity index (χ4n) is 2.28. The van der Waals surface area contributed by atoms with E-state index in [-0.39, 0.29) is 11.9 Å². The molecule has 1 amide bonds. The summed E-state index contributed by atoms with van der Waals surface area (Å²) in [5.74, 6) is 1.38. The van der Waals surface area contributed by atoms with Crippen molar-refractivity contribution in [2.24, 2.45) is 0 Å². The molecule has 0 radical (unpaired) electrons. The van der Waals surface area contributed by atoms with Crippen molar-refractivity contribution in [1.82, 2.24) is 14.9 Å². The molecule has 1 aromatic carbocycles. The van der Waals surface area contributed by atoms with Crippen LogP contribution >= 0.6 is 15.9 Å². The van der Waals surface area contributed by atoms with Crippen LogP contribution in [0.3, 0.4) is 0 Å². The van der Waals surface area contributed by atoms with Crippen molar-refractivity contribution in [3.63, 3.8) is 0 Å². The number of carbonyl (C=O) groups is 1. The van der Waals surface area contributed by atoms with Crippen molar-refractivity contribution in [2.45, 2.75) is 6.04 Å². The molecule has 0 saturated carbocycles. The number of rotatable bonds is 4.